The van der Waals surface area contributed by atoms with E-state index in [1.807, 2.05) is 0 Å². The van der Waals surface area contributed by atoms with Crippen LogP contribution in [0.1, 0.15) is 18.1 Å². The maximum atomic E-state index is 13.1. The molecule has 1 aromatic carbocycles. The van der Waals surface area contributed by atoms with Crippen molar-refractivity contribution in [3.8, 4) is 11.8 Å². The number of ether oxygens (including phenoxy) is 2. The molecule has 0 atom stereocenters. The lowest BCUT2D eigenvalue weighted by molar-refractivity contribution is -0.275. The average Bonchev–Trinajstić information content (AvgIpc) is 2.30. The molecule has 1 rings (SSSR count). The molecule has 4 nitrogen and oxygen atoms in total. The van der Waals surface area contributed by atoms with Gasteiger partial charge in [0.25, 0.3) is 0 Å². The number of hydrogen-bond donors (Lipinski definition) is 0. The molecule has 0 aliphatic rings. The number of nitrogens with zero attached hydrogens (tertiary/aromatic N) is 1. The summed E-state index contributed by atoms with van der Waals surface area (Å²) in [6, 6.07) is 2.70. The summed E-state index contributed by atoms with van der Waals surface area (Å²) < 4.78 is 58.1. The second-order valence-corrected chi connectivity index (χ2v) is 3.57. The number of benzene rings is 1. The lowest BCUT2D eigenvalue weighted by atomic mass is 10.0. The fraction of sp³-hybridized carbons (Fsp3) is 0.333. The Balaban J connectivity index is 3.23. The van der Waals surface area contributed by atoms with Gasteiger partial charge in [0, 0.05) is 11.6 Å². The number of carbonyl (C=O) groups excluding carboxylic acids is 1. The van der Waals surface area contributed by atoms with Crippen LogP contribution in [0.2, 0.25) is 0 Å². The van der Waals surface area contributed by atoms with Crippen molar-refractivity contribution >= 4 is 5.97 Å². The summed E-state index contributed by atoms with van der Waals surface area (Å²) in [7, 11) is 0. The van der Waals surface area contributed by atoms with Crippen LogP contribution in [0.15, 0.2) is 12.1 Å². The summed E-state index contributed by atoms with van der Waals surface area (Å²) >= 11 is 0. The van der Waals surface area contributed by atoms with Gasteiger partial charge in [0.2, 0.25) is 0 Å². The third kappa shape index (κ3) is 4.42. The van der Waals surface area contributed by atoms with Gasteiger partial charge in [0.1, 0.15) is 11.6 Å². The Morgan fingerprint density at radius 3 is 2.55 bits per heavy atom. The first kappa shape index (κ1) is 15.8. The molecule has 0 fully saturated rings. The Labute approximate surface area is 111 Å². The molecular formula is C12H9F4NO3. The Hall–Kier alpha value is -2.30. The van der Waals surface area contributed by atoms with Crippen LogP contribution < -0.4 is 4.74 Å². The van der Waals surface area contributed by atoms with Crippen LogP contribution in [0.25, 0.3) is 0 Å². The highest BCUT2D eigenvalue weighted by molar-refractivity contribution is 5.75. The van der Waals surface area contributed by atoms with E-state index in [9.17, 15) is 22.4 Å². The molecule has 0 amide bonds. The van der Waals surface area contributed by atoms with Crippen molar-refractivity contribution in [1.29, 1.82) is 5.26 Å². The number of halogens is 4. The number of esters is 1. The van der Waals surface area contributed by atoms with Crippen LogP contribution in [-0.2, 0) is 16.0 Å². The minimum atomic E-state index is -5.07. The van der Waals surface area contributed by atoms with Gasteiger partial charge in [0.05, 0.1) is 24.7 Å². The molecule has 0 bridgehead atoms. The topological polar surface area (TPSA) is 59.3 Å². The third-order valence-corrected chi connectivity index (χ3v) is 2.15. The van der Waals surface area contributed by atoms with Gasteiger partial charge in [0.15, 0.2) is 0 Å². The van der Waals surface area contributed by atoms with Crippen LogP contribution in [0.3, 0.4) is 0 Å². The maximum absolute atomic E-state index is 13.1. The number of alkyl halides is 3. The van der Waals surface area contributed by atoms with E-state index in [-0.39, 0.29) is 12.2 Å². The third-order valence-electron chi connectivity index (χ3n) is 2.15. The van der Waals surface area contributed by atoms with Crippen LogP contribution >= 0.6 is 0 Å². The van der Waals surface area contributed by atoms with Gasteiger partial charge in [-0.1, -0.05) is 0 Å². The summed E-state index contributed by atoms with van der Waals surface area (Å²) in [6.07, 6.45) is -5.69. The minimum absolute atomic E-state index is 0.0252. The second-order valence-electron chi connectivity index (χ2n) is 3.57. The van der Waals surface area contributed by atoms with Crippen LogP contribution in [-0.4, -0.2) is 18.9 Å². The van der Waals surface area contributed by atoms with E-state index in [2.05, 4.69) is 9.47 Å². The fourth-order valence-electron chi connectivity index (χ4n) is 1.47. The van der Waals surface area contributed by atoms with Crippen LogP contribution in [0, 0.1) is 17.1 Å². The Morgan fingerprint density at radius 2 is 2.05 bits per heavy atom. The van der Waals surface area contributed by atoms with Crippen molar-refractivity contribution < 1.29 is 31.8 Å². The van der Waals surface area contributed by atoms with Crippen molar-refractivity contribution in [2.75, 3.05) is 6.61 Å². The number of rotatable bonds is 4. The molecule has 1 aromatic rings. The van der Waals surface area contributed by atoms with Crippen molar-refractivity contribution in [1.82, 2.24) is 0 Å². The van der Waals surface area contributed by atoms with E-state index in [0.717, 1.165) is 6.07 Å². The lowest BCUT2D eigenvalue weighted by Gasteiger charge is -2.14. The molecule has 108 valence electrons. The molecule has 0 N–H and O–H groups in total. The van der Waals surface area contributed by atoms with Gasteiger partial charge < -0.3 is 9.47 Å². The summed E-state index contributed by atoms with van der Waals surface area (Å²) in [5.41, 5.74) is -0.790. The van der Waals surface area contributed by atoms with Gasteiger partial charge in [-0.15, -0.1) is 13.2 Å². The van der Waals surface area contributed by atoms with Gasteiger partial charge in [-0.25, -0.2) is 4.39 Å². The summed E-state index contributed by atoms with van der Waals surface area (Å²) in [5.74, 6) is -2.85. The highest BCUT2D eigenvalue weighted by Gasteiger charge is 2.33. The summed E-state index contributed by atoms with van der Waals surface area (Å²) in [4.78, 5) is 11.3. The maximum Gasteiger partial charge on any atom is 0.573 e. The fourth-order valence-corrected chi connectivity index (χ4v) is 1.47. The zero-order chi connectivity index (χ0) is 15.3. The first-order valence-electron chi connectivity index (χ1n) is 5.40. The molecule has 0 unspecified atom stereocenters. The van der Waals surface area contributed by atoms with Crippen LogP contribution in [0.5, 0.6) is 5.75 Å². The van der Waals surface area contributed by atoms with E-state index >= 15 is 0 Å². The van der Waals surface area contributed by atoms with E-state index in [1.165, 1.54) is 13.0 Å². The van der Waals surface area contributed by atoms with Crippen molar-refractivity contribution in [2.45, 2.75) is 19.7 Å². The lowest BCUT2D eigenvalue weighted by Crippen LogP contribution is -2.20. The number of nitriles is 1. The highest BCUT2D eigenvalue weighted by Crippen LogP contribution is 2.30. The normalized spacial score (nSPS) is 10.8. The number of carbonyl (C=O) groups is 1. The minimum Gasteiger partial charge on any atom is -0.466 e. The Bertz CT molecular complexity index is 549. The first-order valence-corrected chi connectivity index (χ1v) is 5.40. The predicted octanol–water partition coefficient (Wildman–Crippen LogP) is 2.70. The van der Waals surface area contributed by atoms with E-state index < -0.39 is 35.9 Å². The first-order chi connectivity index (χ1) is 9.26. The molecule has 0 spiro atoms. The summed E-state index contributed by atoms with van der Waals surface area (Å²) in [5, 5.41) is 8.80. The largest absolute Gasteiger partial charge is 0.573 e. The molecular weight excluding hydrogens is 282 g/mol. The Morgan fingerprint density at radius 1 is 1.40 bits per heavy atom. The quantitative estimate of drug-likeness (QED) is 0.632. The molecule has 0 heterocycles. The molecule has 0 aromatic heterocycles. The molecule has 0 aliphatic heterocycles. The molecule has 8 heteroatoms. The standard InChI is InChI=1S/C12H9F4NO3/c1-2-19-11(18)5-9-7(6-17)3-8(13)4-10(9)20-12(14,15)16/h3-4H,2,5H2,1H3. The molecule has 0 saturated heterocycles. The highest BCUT2D eigenvalue weighted by atomic mass is 19.4. The van der Waals surface area contributed by atoms with E-state index in [0.29, 0.717) is 6.07 Å². The van der Waals surface area contributed by atoms with Gasteiger partial charge in [-0.05, 0) is 13.0 Å². The van der Waals surface area contributed by atoms with Gasteiger partial charge in [-0.3, -0.25) is 4.79 Å². The molecule has 20 heavy (non-hydrogen) atoms. The van der Waals surface area contributed by atoms with Crippen molar-refractivity contribution in [3.63, 3.8) is 0 Å². The van der Waals surface area contributed by atoms with Crippen LogP contribution in [0.4, 0.5) is 17.6 Å². The van der Waals surface area contributed by atoms with E-state index in [4.69, 9.17) is 5.26 Å². The SMILES string of the molecule is CCOC(=O)Cc1c(C#N)cc(F)cc1OC(F)(F)F. The van der Waals surface area contributed by atoms with Crippen molar-refractivity contribution in [3.05, 3.63) is 29.1 Å². The zero-order valence-electron chi connectivity index (χ0n) is 10.3. The van der Waals surface area contributed by atoms with E-state index in [1.54, 1.807) is 0 Å². The van der Waals surface area contributed by atoms with Gasteiger partial charge >= 0.3 is 12.3 Å². The summed E-state index contributed by atoms with van der Waals surface area (Å²) in [6.45, 7) is 1.54. The van der Waals surface area contributed by atoms with Gasteiger partial charge in [-0.2, -0.15) is 5.26 Å². The van der Waals surface area contributed by atoms with Crippen molar-refractivity contribution in [2.24, 2.45) is 0 Å². The molecule has 0 saturated carbocycles. The monoisotopic (exact) mass is 291 g/mol. The molecule has 0 radical (unpaired) electrons. The predicted molar refractivity (Wildman–Crippen MR) is 58.1 cm³/mol. The zero-order valence-corrected chi connectivity index (χ0v) is 10.3. The number of hydrogen-bond acceptors (Lipinski definition) is 4. The average molecular weight is 291 g/mol. The Kier molecular flexibility index (Phi) is 4.91. The smallest absolute Gasteiger partial charge is 0.466 e. The second kappa shape index (κ2) is 6.23. The molecule has 0 aliphatic carbocycles.